The smallest absolute Gasteiger partial charge is 0.421 e. The van der Waals surface area contributed by atoms with E-state index in [4.69, 9.17) is 14.2 Å². The molecule has 1 aromatic carbocycles. The van der Waals surface area contributed by atoms with Crippen molar-refractivity contribution in [3.8, 4) is 11.5 Å². The summed E-state index contributed by atoms with van der Waals surface area (Å²) in [6.07, 6.45) is 6.68. The van der Waals surface area contributed by atoms with Crippen LogP contribution in [0.4, 0.5) is 10.5 Å². The van der Waals surface area contributed by atoms with Gasteiger partial charge >= 0.3 is 6.09 Å². The van der Waals surface area contributed by atoms with Crippen molar-refractivity contribution in [3.63, 3.8) is 0 Å². The number of benzene rings is 1. The maximum atomic E-state index is 15.0. The molecule has 220 valence electrons. The van der Waals surface area contributed by atoms with Crippen LogP contribution in [0.25, 0.3) is 0 Å². The first-order valence-electron chi connectivity index (χ1n) is 14.9. The van der Waals surface area contributed by atoms with Gasteiger partial charge in [0.25, 0.3) is 0 Å². The Morgan fingerprint density at radius 2 is 1.88 bits per heavy atom. The fourth-order valence-electron chi connectivity index (χ4n) is 9.10. The number of carbonyl (C=O) groups is 3. The maximum absolute atomic E-state index is 15.0. The summed E-state index contributed by atoms with van der Waals surface area (Å²) in [7, 11) is 0. The Hall–Kier alpha value is -3.07. The number of hydrogen-bond donors (Lipinski definition) is 1. The van der Waals surface area contributed by atoms with Crippen LogP contribution in [0, 0.1) is 11.3 Å². The highest BCUT2D eigenvalue weighted by molar-refractivity contribution is 6.23. The number of imide groups is 1. The van der Waals surface area contributed by atoms with Crippen LogP contribution in [-0.2, 0) is 19.7 Å². The quantitative estimate of drug-likeness (QED) is 0.484. The largest absolute Gasteiger partial charge is 0.480 e. The van der Waals surface area contributed by atoms with Crippen molar-refractivity contribution < 1.29 is 28.6 Å². The average Bonchev–Trinajstić information content (AvgIpc) is 3.13. The molecule has 6 heterocycles. The van der Waals surface area contributed by atoms with Gasteiger partial charge in [-0.25, -0.2) is 9.69 Å². The van der Waals surface area contributed by atoms with E-state index in [0.717, 1.165) is 31.4 Å². The fourth-order valence-corrected chi connectivity index (χ4v) is 9.10. The molecular formula is C32H41N3O6. The molecule has 5 fully saturated rings. The van der Waals surface area contributed by atoms with Crippen LogP contribution in [-0.4, -0.2) is 58.2 Å². The lowest BCUT2D eigenvalue weighted by molar-refractivity contribution is -0.167. The molecule has 7 aliphatic rings. The minimum absolute atomic E-state index is 0.0484. The van der Waals surface area contributed by atoms with Crippen molar-refractivity contribution in [2.24, 2.45) is 11.3 Å². The van der Waals surface area contributed by atoms with E-state index < -0.39 is 39.2 Å². The summed E-state index contributed by atoms with van der Waals surface area (Å²) in [6, 6.07) is 3.78. The molecule has 1 N–H and O–H groups in total. The molecule has 9 nitrogen and oxygen atoms in total. The zero-order chi connectivity index (χ0) is 29.4. The van der Waals surface area contributed by atoms with E-state index in [1.165, 1.54) is 4.90 Å². The topological polar surface area (TPSA) is 97.4 Å². The van der Waals surface area contributed by atoms with Gasteiger partial charge < -0.3 is 19.5 Å². The second-order valence-electron chi connectivity index (χ2n) is 15.1. The maximum Gasteiger partial charge on any atom is 0.421 e. The zero-order valence-electron chi connectivity index (χ0n) is 25.2. The third-order valence-electron chi connectivity index (χ3n) is 10.8. The van der Waals surface area contributed by atoms with Gasteiger partial charge in [-0.05, 0) is 102 Å². The summed E-state index contributed by atoms with van der Waals surface area (Å²) >= 11 is 0. The molecule has 41 heavy (non-hydrogen) atoms. The van der Waals surface area contributed by atoms with Gasteiger partial charge in [0.1, 0.15) is 22.4 Å². The van der Waals surface area contributed by atoms with Gasteiger partial charge in [0.2, 0.25) is 11.8 Å². The van der Waals surface area contributed by atoms with Crippen molar-refractivity contribution >= 4 is 23.6 Å². The Morgan fingerprint density at radius 3 is 2.61 bits per heavy atom. The summed E-state index contributed by atoms with van der Waals surface area (Å²) in [5.74, 6) is 0.593. The Bertz CT molecular complexity index is 1420. The van der Waals surface area contributed by atoms with E-state index in [2.05, 4.69) is 24.1 Å². The molecule has 0 radical (unpaired) electrons. The summed E-state index contributed by atoms with van der Waals surface area (Å²) < 4.78 is 18.3. The predicted molar refractivity (Wildman–Crippen MR) is 152 cm³/mol. The lowest BCUT2D eigenvalue weighted by atomic mass is 9.56. The Morgan fingerprint density at radius 1 is 1.12 bits per heavy atom. The highest BCUT2D eigenvalue weighted by atomic mass is 16.6. The van der Waals surface area contributed by atoms with Crippen molar-refractivity contribution in [2.45, 2.75) is 108 Å². The monoisotopic (exact) mass is 563 g/mol. The molecule has 9 heteroatoms. The minimum atomic E-state index is -1.08. The Labute approximate surface area is 241 Å². The molecule has 1 aromatic rings. The van der Waals surface area contributed by atoms with E-state index in [0.29, 0.717) is 36.6 Å². The lowest BCUT2D eigenvalue weighted by Gasteiger charge is -2.63. The molecular weight excluding hydrogens is 522 g/mol. The first kappa shape index (κ1) is 26.8. The van der Waals surface area contributed by atoms with E-state index in [-0.39, 0.29) is 17.7 Å². The highest BCUT2D eigenvalue weighted by Gasteiger charge is 2.78. The van der Waals surface area contributed by atoms with E-state index in [1.54, 1.807) is 33.1 Å². The molecule has 6 aliphatic heterocycles. The molecule has 4 atom stereocenters. The number of nitrogens with zero attached hydrogens (tertiary/aromatic N) is 2. The fraction of sp³-hybridized carbons (Fsp3) is 0.656. The first-order chi connectivity index (χ1) is 19.1. The van der Waals surface area contributed by atoms with Crippen LogP contribution < -0.4 is 19.7 Å². The number of anilines is 1. The molecule has 1 saturated carbocycles. The molecule has 3 spiro atoms. The van der Waals surface area contributed by atoms with Gasteiger partial charge in [0.05, 0.1) is 17.2 Å². The van der Waals surface area contributed by atoms with Crippen LogP contribution in [0.5, 0.6) is 11.5 Å². The van der Waals surface area contributed by atoms with Crippen LogP contribution in [0.3, 0.4) is 0 Å². The number of rotatable bonds is 0. The first-order valence-corrected chi connectivity index (χ1v) is 14.9. The second kappa shape index (κ2) is 7.85. The van der Waals surface area contributed by atoms with Crippen LogP contribution in [0.2, 0.25) is 0 Å². The normalized spacial score (nSPS) is 36.0. The number of piperazine rings is 1. The number of carbonyl (C=O) groups excluding carboxylic acids is 3. The van der Waals surface area contributed by atoms with Gasteiger partial charge in [0.15, 0.2) is 11.5 Å². The summed E-state index contributed by atoms with van der Waals surface area (Å²) in [4.78, 5) is 46.2. The molecule has 1 aliphatic carbocycles. The van der Waals surface area contributed by atoms with Crippen molar-refractivity contribution in [1.29, 1.82) is 0 Å². The van der Waals surface area contributed by atoms with Crippen molar-refractivity contribution in [2.75, 3.05) is 18.0 Å². The van der Waals surface area contributed by atoms with Crippen molar-refractivity contribution in [1.82, 2.24) is 10.2 Å². The zero-order valence-corrected chi connectivity index (χ0v) is 25.2. The van der Waals surface area contributed by atoms with Gasteiger partial charge in [-0.15, -0.1) is 0 Å². The average molecular weight is 564 g/mol. The SMILES string of the molecule is CC(C)(C)OC(=O)N1C(=O)[C@@]2(C[C@@]34CN5CCCCC5(CC3C2(C)C)C(=O)N4)c2ccc3c(c21)OC=CC(C)(C)O3. The van der Waals surface area contributed by atoms with E-state index in [9.17, 15) is 9.59 Å². The summed E-state index contributed by atoms with van der Waals surface area (Å²) in [5.41, 5.74) is -3.13. The molecule has 8 rings (SSSR count). The highest BCUT2D eigenvalue weighted by Crippen LogP contribution is 2.71. The van der Waals surface area contributed by atoms with Gasteiger partial charge in [-0.1, -0.05) is 19.9 Å². The van der Waals surface area contributed by atoms with Crippen LogP contribution >= 0.6 is 0 Å². The number of fused-ring (bicyclic) bond motifs is 5. The molecule has 3 amide bonds. The standard InChI is InChI=1S/C32H41N3O6/c1-27(2,3)41-26(38)35-22-19(10-11-20-23(22)39-15-13-28(4,5)40-20)32(25(35)37)17-30-18-34-14-9-8-12-31(34,24(36)33-30)16-21(30)29(32,6)7/h10-11,13,15,21H,8-9,12,14,16-18H2,1-7H3,(H,33,36)/t21?,30-,31?,32-/m1/s1. The minimum Gasteiger partial charge on any atom is -0.480 e. The third kappa shape index (κ3) is 3.30. The number of amides is 3. The number of hydrogen-bond acceptors (Lipinski definition) is 7. The number of ether oxygens (including phenoxy) is 3. The van der Waals surface area contributed by atoms with E-state index >= 15 is 4.79 Å². The molecule has 2 unspecified atom stereocenters. The molecule has 2 bridgehead atoms. The van der Waals surface area contributed by atoms with Crippen LogP contribution in [0.1, 0.15) is 86.1 Å². The third-order valence-corrected chi connectivity index (χ3v) is 10.8. The van der Waals surface area contributed by atoms with Gasteiger partial charge in [-0.3, -0.25) is 14.5 Å². The van der Waals surface area contributed by atoms with Crippen LogP contribution in [0.15, 0.2) is 24.5 Å². The van der Waals surface area contributed by atoms with Crippen molar-refractivity contribution in [3.05, 3.63) is 30.0 Å². The number of piperidine rings is 3. The Kier molecular flexibility index (Phi) is 5.13. The van der Waals surface area contributed by atoms with Gasteiger partial charge in [0, 0.05) is 6.54 Å². The molecule has 4 saturated heterocycles. The second-order valence-corrected chi connectivity index (χ2v) is 15.1. The summed E-state index contributed by atoms with van der Waals surface area (Å²) in [6.45, 7) is 15.1. The molecule has 0 aromatic heterocycles. The number of nitrogens with one attached hydrogen (secondary N) is 1. The summed E-state index contributed by atoms with van der Waals surface area (Å²) in [5, 5.41) is 3.47. The van der Waals surface area contributed by atoms with E-state index in [1.807, 2.05) is 26.0 Å². The predicted octanol–water partition coefficient (Wildman–Crippen LogP) is 4.81. The van der Waals surface area contributed by atoms with Gasteiger partial charge in [-0.2, -0.15) is 0 Å². The lowest BCUT2D eigenvalue weighted by Crippen LogP contribution is -2.80. The Balaban J connectivity index is 1.44.